The number of phenolic OH excluding ortho intramolecular Hbond substituents is 1. The second kappa shape index (κ2) is 5.61. The van der Waals surface area contributed by atoms with Gasteiger partial charge in [0.05, 0.1) is 6.04 Å². The van der Waals surface area contributed by atoms with Crippen LogP contribution in [0.3, 0.4) is 0 Å². The topological polar surface area (TPSA) is 61.4 Å². The summed E-state index contributed by atoms with van der Waals surface area (Å²) in [6, 6.07) is 5.66. The molecule has 0 saturated heterocycles. The summed E-state index contributed by atoms with van der Waals surface area (Å²) in [6.45, 7) is 5.78. The molecule has 1 aromatic carbocycles. The largest absolute Gasteiger partial charge is 0.508 e. The summed E-state index contributed by atoms with van der Waals surface area (Å²) in [5, 5.41) is 16.0. The number of nitrogens with one attached hydrogen (secondary N) is 2. The first-order valence-electron chi connectivity index (χ1n) is 6.86. The molecule has 0 aromatic heterocycles. The lowest BCUT2D eigenvalue weighted by molar-refractivity contribution is -0.123. The van der Waals surface area contributed by atoms with E-state index in [0.29, 0.717) is 5.75 Å². The van der Waals surface area contributed by atoms with Crippen molar-refractivity contribution < 1.29 is 9.90 Å². The Morgan fingerprint density at radius 3 is 2.79 bits per heavy atom. The van der Waals surface area contributed by atoms with E-state index < -0.39 is 0 Å². The van der Waals surface area contributed by atoms with Crippen LogP contribution >= 0.6 is 0 Å². The van der Waals surface area contributed by atoms with Crippen molar-refractivity contribution in [3.63, 3.8) is 0 Å². The van der Waals surface area contributed by atoms with E-state index in [1.807, 2.05) is 32.9 Å². The first-order valence-corrected chi connectivity index (χ1v) is 6.86. The highest BCUT2D eigenvalue weighted by Gasteiger charge is 2.27. The van der Waals surface area contributed by atoms with Gasteiger partial charge in [-0.2, -0.15) is 0 Å². The Morgan fingerprint density at radius 1 is 1.37 bits per heavy atom. The zero-order valence-corrected chi connectivity index (χ0v) is 11.7. The molecule has 0 heterocycles. The van der Waals surface area contributed by atoms with E-state index in [0.717, 1.165) is 24.0 Å². The van der Waals surface area contributed by atoms with Crippen LogP contribution < -0.4 is 10.6 Å². The van der Waals surface area contributed by atoms with Crippen molar-refractivity contribution in [3.05, 3.63) is 29.3 Å². The number of amides is 1. The average Bonchev–Trinajstić information content (AvgIpc) is 2.73. The summed E-state index contributed by atoms with van der Waals surface area (Å²) in [5.41, 5.74) is 2.13. The molecule has 2 rings (SSSR count). The van der Waals surface area contributed by atoms with Crippen LogP contribution in [0.25, 0.3) is 0 Å². The Balaban J connectivity index is 2.03. The van der Waals surface area contributed by atoms with Gasteiger partial charge in [0, 0.05) is 12.1 Å². The van der Waals surface area contributed by atoms with E-state index in [9.17, 15) is 9.90 Å². The van der Waals surface area contributed by atoms with Gasteiger partial charge in [-0.15, -0.1) is 0 Å². The van der Waals surface area contributed by atoms with Gasteiger partial charge in [0.15, 0.2) is 0 Å². The van der Waals surface area contributed by atoms with Crippen molar-refractivity contribution in [2.75, 3.05) is 0 Å². The Kier molecular flexibility index (Phi) is 4.10. The number of carbonyl (C=O) groups excluding carboxylic acids is 1. The molecule has 0 aliphatic heterocycles. The first kappa shape index (κ1) is 13.9. The van der Waals surface area contributed by atoms with E-state index in [4.69, 9.17) is 0 Å². The number of fused-ring (bicyclic) bond motifs is 1. The van der Waals surface area contributed by atoms with E-state index in [1.54, 1.807) is 6.07 Å². The molecule has 4 heteroatoms. The average molecular weight is 262 g/mol. The van der Waals surface area contributed by atoms with E-state index >= 15 is 0 Å². The summed E-state index contributed by atoms with van der Waals surface area (Å²) in [4.78, 5) is 11.9. The van der Waals surface area contributed by atoms with Crippen LogP contribution in [0, 0.1) is 0 Å². The number of phenols is 1. The quantitative estimate of drug-likeness (QED) is 0.776. The maximum Gasteiger partial charge on any atom is 0.237 e. The van der Waals surface area contributed by atoms with Crippen molar-refractivity contribution in [3.8, 4) is 5.75 Å². The summed E-state index contributed by atoms with van der Waals surface area (Å²) in [5.74, 6) is 0.379. The lowest BCUT2D eigenvalue weighted by Crippen LogP contribution is -2.45. The number of benzene rings is 1. The normalized spacial score (nSPS) is 19.3. The highest BCUT2D eigenvalue weighted by Crippen LogP contribution is 2.36. The molecule has 104 valence electrons. The zero-order valence-electron chi connectivity index (χ0n) is 11.7. The highest BCUT2D eigenvalue weighted by atomic mass is 16.3. The third-order valence-electron chi connectivity index (χ3n) is 3.52. The van der Waals surface area contributed by atoms with Gasteiger partial charge in [0.1, 0.15) is 5.75 Å². The molecule has 0 saturated carbocycles. The molecule has 0 bridgehead atoms. The van der Waals surface area contributed by atoms with Gasteiger partial charge in [0.25, 0.3) is 0 Å². The van der Waals surface area contributed by atoms with Crippen molar-refractivity contribution in [2.24, 2.45) is 0 Å². The van der Waals surface area contributed by atoms with Crippen molar-refractivity contribution in [1.82, 2.24) is 10.6 Å². The predicted octanol–water partition coefficient (Wildman–Crippen LogP) is 1.88. The molecule has 0 fully saturated rings. The lowest BCUT2D eigenvalue weighted by atomic mass is 10.1. The van der Waals surface area contributed by atoms with Crippen LogP contribution in [0.2, 0.25) is 0 Å². The molecule has 4 nitrogen and oxygen atoms in total. The molecule has 1 aliphatic rings. The van der Waals surface area contributed by atoms with E-state index in [2.05, 4.69) is 10.6 Å². The summed E-state index contributed by atoms with van der Waals surface area (Å²) < 4.78 is 0. The van der Waals surface area contributed by atoms with Crippen LogP contribution in [0.5, 0.6) is 5.75 Å². The fourth-order valence-corrected chi connectivity index (χ4v) is 2.60. The molecule has 1 aromatic rings. The Labute approximate surface area is 114 Å². The molecule has 0 radical (unpaired) electrons. The van der Waals surface area contributed by atoms with Crippen LogP contribution in [0.4, 0.5) is 0 Å². The SMILES string of the molecule is CC(C)NC(=O)C(C)NC1CCc2c(O)cccc21. The van der Waals surface area contributed by atoms with Gasteiger partial charge < -0.3 is 10.4 Å². The third kappa shape index (κ3) is 3.07. The van der Waals surface area contributed by atoms with Gasteiger partial charge in [-0.25, -0.2) is 0 Å². The Morgan fingerprint density at radius 2 is 2.11 bits per heavy atom. The van der Waals surface area contributed by atoms with E-state index in [-0.39, 0.29) is 24.0 Å². The first-order chi connectivity index (χ1) is 8.99. The second-order valence-electron chi connectivity index (χ2n) is 5.49. The molecule has 1 amide bonds. The molecule has 3 N–H and O–H groups in total. The molecule has 2 atom stereocenters. The maximum absolute atomic E-state index is 11.9. The zero-order chi connectivity index (χ0) is 14.0. The molecule has 0 spiro atoms. The van der Waals surface area contributed by atoms with Crippen molar-refractivity contribution >= 4 is 5.91 Å². The molecule has 2 unspecified atom stereocenters. The Bertz CT molecular complexity index is 471. The molecular weight excluding hydrogens is 240 g/mol. The minimum Gasteiger partial charge on any atom is -0.508 e. The summed E-state index contributed by atoms with van der Waals surface area (Å²) in [6.07, 6.45) is 1.78. The minimum absolute atomic E-state index is 0.0172. The summed E-state index contributed by atoms with van der Waals surface area (Å²) >= 11 is 0. The van der Waals surface area contributed by atoms with Crippen LogP contribution in [-0.2, 0) is 11.2 Å². The summed E-state index contributed by atoms with van der Waals surface area (Å²) in [7, 11) is 0. The monoisotopic (exact) mass is 262 g/mol. The van der Waals surface area contributed by atoms with Gasteiger partial charge in [-0.05, 0) is 50.8 Å². The maximum atomic E-state index is 11.9. The van der Waals surface area contributed by atoms with Gasteiger partial charge in [-0.3, -0.25) is 10.1 Å². The minimum atomic E-state index is -0.235. The Hall–Kier alpha value is -1.55. The smallest absolute Gasteiger partial charge is 0.237 e. The number of hydrogen-bond donors (Lipinski definition) is 3. The van der Waals surface area contributed by atoms with Gasteiger partial charge in [0.2, 0.25) is 5.91 Å². The number of aromatic hydroxyl groups is 1. The molecular formula is C15H22N2O2. The van der Waals surface area contributed by atoms with Gasteiger partial charge in [-0.1, -0.05) is 12.1 Å². The number of carbonyl (C=O) groups is 1. The second-order valence-corrected chi connectivity index (χ2v) is 5.49. The molecule has 1 aliphatic carbocycles. The van der Waals surface area contributed by atoms with Crippen LogP contribution in [0.1, 0.15) is 44.4 Å². The third-order valence-corrected chi connectivity index (χ3v) is 3.52. The standard InChI is InChI=1S/C15H22N2O2/c1-9(2)16-15(19)10(3)17-13-8-7-12-11(13)5-4-6-14(12)18/h4-6,9-10,13,17-18H,7-8H2,1-3H3,(H,16,19). The predicted molar refractivity (Wildman–Crippen MR) is 75.0 cm³/mol. The fourth-order valence-electron chi connectivity index (χ4n) is 2.60. The number of rotatable bonds is 4. The highest BCUT2D eigenvalue weighted by molar-refractivity contribution is 5.81. The van der Waals surface area contributed by atoms with E-state index in [1.165, 1.54) is 0 Å². The lowest BCUT2D eigenvalue weighted by Gasteiger charge is -2.21. The van der Waals surface area contributed by atoms with Crippen molar-refractivity contribution in [1.29, 1.82) is 0 Å². The van der Waals surface area contributed by atoms with Crippen LogP contribution in [-0.4, -0.2) is 23.1 Å². The number of hydrogen-bond acceptors (Lipinski definition) is 3. The fraction of sp³-hybridized carbons (Fsp3) is 0.533. The molecule has 19 heavy (non-hydrogen) atoms. The van der Waals surface area contributed by atoms with Crippen molar-refractivity contribution in [2.45, 2.75) is 51.7 Å². The van der Waals surface area contributed by atoms with Gasteiger partial charge >= 0.3 is 0 Å². The van der Waals surface area contributed by atoms with Crippen LogP contribution in [0.15, 0.2) is 18.2 Å².